The Balaban J connectivity index is 2.41. The van der Waals surface area contributed by atoms with E-state index in [1.165, 1.54) is 12.0 Å². The number of amides is 2. The van der Waals surface area contributed by atoms with E-state index in [4.69, 9.17) is 4.74 Å². The van der Waals surface area contributed by atoms with Crippen LogP contribution in [0.25, 0.3) is 0 Å². The number of carbonyl (C=O) groups excluding carboxylic acids is 2. The summed E-state index contributed by atoms with van der Waals surface area (Å²) in [7, 11) is 2.98. The van der Waals surface area contributed by atoms with Crippen molar-refractivity contribution in [3.05, 3.63) is 41.1 Å². The van der Waals surface area contributed by atoms with Gasteiger partial charge in [0.15, 0.2) is 0 Å². The summed E-state index contributed by atoms with van der Waals surface area (Å²) >= 11 is 0. The number of hydrogen-bond donors (Lipinski definition) is 1. The minimum Gasteiger partial charge on any atom is -0.466 e. The van der Waals surface area contributed by atoms with Gasteiger partial charge in [-0.1, -0.05) is 12.1 Å². The molecule has 6 nitrogen and oxygen atoms in total. The molecule has 1 atom stereocenters. The first-order valence-electron chi connectivity index (χ1n) is 8.12. The van der Waals surface area contributed by atoms with Gasteiger partial charge in [0.2, 0.25) is 0 Å². The molecule has 0 radical (unpaired) electrons. The summed E-state index contributed by atoms with van der Waals surface area (Å²) in [6.07, 6.45) is 0. The summed E-state index contributed by atoms with van der Waals surface area (Å²) in [5.74, 6) is -0.433. The third kappa shape index (κ3) is 3.22. The number of nitrogens with one attached hydrogen (secondary N) is 1. The van der Waals surface area contributed by atoms with Gasteiger partial charge in [-0.15, -0.1) is 0 Å². The van der Waals surface area contributed by atoms with E-state index in [9.17, 15) is 9.59 Å². The van der Waals surface area contributed by atoms with Gasteiger partial charge in [0.1, 0.15) is 0 Å². The van der Waals surface area contributed by atoms with Crippen LogP contribution in [0.4, 0.5) is 10.5 Å². The van der Waals surface area contributed by atoms with Gasteiger partial charge in [-0.2, -0.15) is 0 Å². The molecule has 0 aliphatic carbocycles. The number of allylic oxidation sites excluding steroid dienone is 1. The molecule has 130 valence electrons. The molecule has 1 aromatic rings. The zero-order chi connectivity index (χ0) is 17.9. The smallest absolute Gasteiger partial charge is 0.337 e. The molecule has 1 N–H and O–H groups in total. The first-order valence-corrected chi connectivity index (χ1v) is 8.12. The van der Waals surface area contributed by atoms with Crippen LogP contribution in [0.15, 0.2) is 35.5 Å². The number of nitrogens with zero attached hydrogens (tertiary/aromatic N) is 2. The molecule has 1 aliphatic rings. The molecule has 1 unspecified atom stereocenters. The molecule has 0 spiro atoms. The van der Waals surface area contributed by atoms with E-state index in [0.29, 0.717) is 11.3 Å². The fourth-order valence-electron chi connectivity index (χ4n) is 2.93. The number of esters is 1. The van der Waals surface area contributed by atoms with Crippen LogP contribution >= 0.6 is 0 Å². The predicted molar refractivity (Wildman–Crippen MR) is 93.8 cm³/mol. The summed E-state index contributed by atoms with van der Waals surface area (Å²) in [5, 5.41) is 2.87. The maximum absolute atomic E-state index is 12.2. The van der Waals surface area contributed by atoms with Crippen LogP contribution in [-0.2, 0) is 9.53 Å². The number of anilines is 1. The Kier molecular flexibility index (Phi) is 5.49. The normalized spacial score (nSPS) is 17.6. The molecule has 1 heterocycles. The molecule has 2 amide bonds. The van der Waals surface area contributed by atoms with Crippen molar-refractivity contribution in [1.29, 1.82) is 0 Å². The molecule has 0 fully saturated rings. The van der Waals surface area contributed by atoms with Gasteiger partial charge in [-0.05, 0) is 38.5 Å². The van der Waals surface area contributed by atoms with Crippen LogP contribution < -0.4 is 10.2 Å². The average molecular weight is 331 g/mol. The Hall–Kier alpha value is -2.50. The maximum Gasteiger partial charge on any atom is 0.337 e. The molecule has 0 aromatic heterocycles. The summed E-state index contributed by atoms with van der Waals surface area (Å²) in [4.78, 5) is 28.0. The summed E-state index contributed by atoms with van der Waals surface area (Å²) in [6.45, 7) is 7.81. The fraction of sp³-hybridized carbons (Fsp3) is 0.444. The molecular weight excluding hydrogens is 306 g/mol. The highest BCUT2D eigenvalue weighted by atomic mass is 16.5. The number of benzene rings is 1. The second kappa shape index (κ2) is 7.38. The van der Waals surface area contributed by atoms with E-state index in [2.05, 4.69) is 24.1 Å². The summed E-state index contributed by atoms with van der Waals surface area (Å²) in [5.41, 5.74) is 3.02. The minimum absolute atomic E-state index is 0.238. The van der Waals surface area contributed by atoms with E-state index >= 15 is 0 Å². The topological polar surface area (TPSA) is 61.9 Å². The lowest BCUT2D eigenvalue weighted by Gasteiger charge is -2.33. The van der Waals surface area contributed by atoms with Crippen LogP contribution in [0.5, 0.6) is 0 Å². The van der Waals surface area contributed by atoms with Crippen molar-refractivity contribution >= 4 is 17.7 Å². The highest BCUT2D eigenvalue weighted by Crippen LogP contribution is 2.31. The summed E-state index contributed by atoms with van der Waals surface area (Å²) < 4.78 is 4.91. The van der Waals surface area contributed by atoms with Crippen molar-refractivity contribution in [3.63, 3.8) is 0 Å². The van der Waals surface area contributed by atoms with Gasteiger partial charge < -0.3 is 19.9 Å². The van der Waals surface area contributed by atoms with Gasteiger partial charge in [-0.25, -0.2) is 9.59 Å². The van der Waals surface area contributed by atoms with Crippen molar-refractivity contribution in [2.75, 3.05) is 32.1 Å². The highest BCUT2D eigenvalue weighted by Gasteiger charge is 2.34. The average Bonchev–Trinajstić information content (AvgIpc) is 2.60. The van der Waals surface area contributed by atoms with Gasteiger partial charge in [0.25, 0.3) is 0 Å². The van der Waals surface area contributed by atoms with E-state index in [-0.39, 0.29) is 6.03 Å². The Morgan fingerprint density at radius 3 is 2.33 bits per heavy atom. The number of rotatable bonds is 5. The monoisotopic (exact) mass is 331 g/mol. The van der Waals surface area contributed by atoms with Gasteiger partial charge in [0.05, 0.1) is 18.7 Å². The van der Waals surface area contributed by atoms with E-state index in [0.717, 1.165) is 24.3 Å². The van der Waals surface area contributed by atoms with Gasteiger partial charge in [0, 0.05) is 31.5 Å². The molecule has 1 aliphatic heterocycles. The Bertz CT molecular complexity index is 648. The molecule has 1 aromatic carbocycles. The van der Waals surface area contributed by atoms with E-state index in [1.54, 1.807) is 14.0 Å². The molecule has 6 heteroatoms. The Morgan fingerprint density at radius 1 is 1.25 bits per heavy atom. The molecule has 2 rings (SSSR count). The lowest BCUT2D eigenvalue weighted by Crippen LogP contribution is -2.46. The van der Waals surface area contributed by atoms with Crippen molar-refractivity contribution in [2.45, 2.75) is 26.8 Å². The lowest BCUT2D eigenvalue weighted by atomic mass is 9.95. The Labute approximate surface area is 143 Å². The quantitative estimate of drug-likeness (QED) is 0.843. The zero-order valence-electron chi connectivity index (χ0n) is 14.9. The SMILES string of the molecule is CCN(CC)c1ccc(C2NC(=O)N(C)C(C)=C2C(=O)OC)cc1. The van der Waals surface area contributed by atoms with Crippen LogP contribution in [0.2, 0.25) is 0 Å². The van der Waals surface area contributed by atoms with Gasteiger partial charge >= 0.3 is 12.0 Å². The van der Waals surface area contributed by atoms with Crippen molar-refractivity contribution in [2.24, 2.45) is 0 Å². The second-order valence-electron chi connectivity index (χ2n) is 5.70. The molecule has 0 bridgehead atoms. The third-order valence-electron chi connectivity index (χ3n) is 4.51. The van der Waals surface area contributed by atoms with Crippen molar-refractivity contribution in [3.8, 4) is 0 Å². The van der Waals surface area contributed by atoms with Gasteiger partial charge in [-0.3, -0.25) is 0 Å². The molecule has 0 saturated heterocycles. The van der Waals surface area contributed by atoms with Crippen LogP contribution in [0.3, 0.4) is 0 Å². The molecular formula is C18H25N3O3. The van der Waals surface area contributed by atoms with E-state index in [1.807, 2.05) is 24.3 Å². The van der Waals surface area contributed by atoms with Crippen LogP contribution in [0, 0.1) is 0 Å². The minimum atomic E-state index is -0.507. The first kappa shape index (κ1) is 17.8. The van der Waals surface area contributed by atoms with Crippen molar-refractivity contribution in [1.82, 2.24) is 10.2 Å². The third-order valence-corrected chi connectivity index (χ3v) is 4.51. The van der Waals surface area contributed by atoms with Crippen molar-refractivity contribution < 1.29 is 14.3 Å². The number of ether oxygens (including phenoxy) is 1. The number of urea groups is 1. The number of hydrogen-bond acceptors (Lipinski definition) is 4. The second-order valence-corrected chi connectivity index (χ2v) is 5.70. The molecule has 24 heavy (non-hydrogen) atoms. The number of methoxy groups -OCH3 is 1. The maximum atomic E-state index is 12.2. The standard InChI is InChI=1S/C18H25N3O3/c1-6-21(7-2)14-10-8-13(9-11-14)16-15(17(22)24-5)12(3)20(4)18(23)19-16/h8-11,16H,6-7H2,1-5H3,(H,19,23). The summed E-state index contributed by atoms with van der Waals surface area (Å²) in [6, 6.07) is 7.17. The Morgan fingerprint density at radius 2 is 1.83 bits per heavy atom. The zero-order valence-corrected chi connectivity index (χ0v) is 14.9. The first-order chi connectivity index (χ1) is 11.4. The fourth-order valence-corrected chi connectivity index (χ4v) is 2.93. The van der Waals surface area contributed by atoms with Crippen LogP contribution in [0.1, 0.15) is 32.4 Å². The number of carbonyl (C=O) groups is 2. The largest absolute Gasteiger partial charge is 0.466 e. The van der Waals surface area contributed by atoms with Crippen LogP contribution in [-0.4, -0.2) is 44.1 Å². The molecule has 0 saturated carbocycles. The lowest BCUT2D eigenvalue weighted by molar-refractivity contribution is -0.136. The van der Waals surface area contributed by atoms with E-state index < -0.39 is 12.0 Å². The predicted octanol–water partition coefficient (Wildman–Crippen LogP) is 2.68. The highest BCUT2D eigenvalue weighted by molar-refractivity contribution is 5.94.